The van der Waals surface area contributed by atoms with Gasteiger partial charge < -0.3 is 14.9 Å². The van der Waals surface area contributed by atoms with E-state index in [4.69, 9.17) is 0 Å². The fourth-order valence-electron chi connectivity index (χ4n) is 3.68. The Labute approximate surface area is 139 Å². The minimum absolute atomic E-state index is 0.0819. The van der Waals surface area contributed by atoms with Crippen molar-refractivity contribution >= 4 is 11.5 Å². The van der Waals surface area contributed by atoms with Gasteiger partial charge in [-0.1, -0.05) is 6.08 Å². The number of nitrogens with one attached hydrogen (secondary N) is 2. The molecular weight excluding hydrogens is 304 g/mol. The lowest BCUT2D eigenvalue weighted by molar-refractivity contribution is 0.0664. The van der Waals surface area contributed by atoms with Crippen LogP contribution in [-0.4, -0.2) is 32.3 Å². The molecule has 2 aromatic rings. The molecule has 1 aliphatic carbocycles. The molecule has 1 amide bonds. The highest BCUT2D eigenvalue weighted by molar-refractivity contribution is 5.92. The highest BCUT2D eigenvalue weighted by Crippen LogP contribution is 2.29. The van der Waals surface area contributed by atoms with E-state index in [0.717, 1.165) is 41.1 Å². The highest BCUT2D eigenvalue weighted by Gasteiger charge is 2.31. The van der Waals surface area contributed by atoms with Gasteiger partial charge in [-0.25, -0.2) is 4.98 Å². The zero-order valence-electron chi connectivity index (χ0n) is 13.8. The van der Waals surface area contributed by atoms with Crippen molar-refractivity contribution in [2.75, 3.05) is 6.54 Å². The molecule has 124 valence electrons. The van der Waals surface area contributed by atoms with E-state index in [0.29, 0.717) is 18.8 Å². The number of carbonyl (C=O) groups is 1. The summed E-state index contributed by atoms with van der Waals surface area (Å²) in [6.07, 6.45) is 4.69. The summed E-state index contributed by atoms with van der Waals surface area (Å²) in [7, 11) is 0. The van der Waals surface area contributed by atoms with Crippen LogP contribution in [0.1, 0.15) is 59.6 Å². The van der Waals surface area contributed by atoms with Gasteiger partial charge in [-0.3, -0.25) is 9.59 Å². The van der Waals surface area contributed by atoms with E-state index in [2.05, 4.69) is 21.0 Å². The average Bonchev–Trinajstić information content (AvgIpc) is 3.00. The summed E-state index contributed by atoms with van der Waals surface area (Å²) in [6.45, 7) is 4.60. The zero-order valence-corrected chi connectivity index (χ0v) is 13.8. The number of rotatable bonds is 1. The molecule has 24 heavy (non-hydrogen) atoms. The normalized spacial score (nSPS) is 19.5. The van der Waals surface area contributed by atoms with Gasteiger partial charge in [0.25, 0.3) is 5.91 Å². The van der Waals surface area contributed by atoms with E-state index in [1.54, 1.807) is 0 Å². The number of nitrogens with zero attached hydrogens (tertiary/aromatic N) is 2. The van der Waals surface area contributed by atoms with E-state index in [1.165, 1.54) is 6.07 Å². The molecule has 1 aliphatic heterocycles. The third-order valence-corrected chi connectivity index (χ3v) is 5.02. The van der Waals surface area contributed by atoms with Crippen LogP contribution in [0, 0.1) is 0 Å². The van der Waals surface area contributed by atoms with Crippen molar-refractivity contribution in [3.8, 4) is 0 Å². The number of aromatic nitrogens is 3. The SMILES string of the molecule is CC1=CCCc2[nH]c(C(=O)N3CCc4[nH]c(=O)ccc4C3C)nc21. The predicted octanol–water partition coefficient (Wildman–Crippen LogP) is 2.21. The van der Waals surface area contributed by atoms with Crippen molar-refractivity contribution in [1.82, 2.24) is 19.9 Å². The summed E-state index contributed by atoms with van der Waals surface area (Å²) in [5, 5.41) is 0. The van der Waals surface area contributed by atoms with E-state index in [9.17, 15) is 9.59 Å². The van der Waals surface area contributed by atoms with Crippen LogP contribution in [0.5, 0.6) is 0 Å². The van der Waals surface area contributed by atoms with Crippen LogP contribution in [0.2, 0.25) is 0 Å². The fraction of sp³-hybridized carbons (Fsp3) is 0.389. The van der Waals surface area contributed by atoms with Gasteiger partial charge in [-0.05, 0) is 43.9 Å². The van der Waals surface area contributed by atoms with Gasteiger partial charge in [0.1, 0.15) is 0 Å². The van der Waals surface area contributed by atoms with Crippen LogP contribution >= 0.6 is 0 Å². The minimum Gasteiger partial charge on any atom is -0.337 e. The molecule has 0 radical (unpaired) electrons. The van der Waals surface area contributed by atoms with E-state index in [-0.39, 0.29) is 17.5 Å². The number of carbonyl (C=O) groups excluding carboxylic acids is 1. The van der Waals surface area contributed by atoms with Gasteiger partial charge in [0.15, 0.2) is 5.82 Å². The van der Waals surface area contributed by atoms with Crippen LogP contribution in [0.15, 0.2) is 23.0 Å². The highest BCUT2D eigenvalue weighted by atomic mass is 16.2. The van der Waals surface area contributed by atoms with Crippen molar-refractivity contribution < 1.29 is 4.79 Å². The van der Waals surface area contributed by atoms with E-state index < -0.39 is 0 Å². The first-order valence-electron chi connectivity index (χ1n) is 8.33. The lowest BCUT2D eigenvalue weighted by atomic mass is 9.98. The first kappa shape index (κ1) is 14.9. The molecule has 2 N–H and O–H groups in total. The quantitative estimate of drug-likeness (QED) is 0.844. The first-order chi connectivity index (χ1) is 11.5. The lowest BCUT2D eigenvalue weighted by Crippen LogP contribution is -2.40. The number of pyridine rings is 1. The first-order valence-corrected chi connectivity index (χ1v) is 8.33. The Morgan fingerprint density at radius 2 is 2.08 bits per heavy atom. The lowest BCUT2D eigenvalue weighted by Gasteiger charge is -2.34. The maximum absolute atomic E-state index is 13.0. The van der Waals surface area contributed by atoms with Crippen molar-refractivity contribution in [2.24, 2.45) is 0 Å². The third kappa shape index (κ3) is 2.29. The summed E-state index contributed by atoms with van der Waals surface area (Å²) in [5.74, 6) is 0.330. The van der Waals surface area contributed by atoms with Crippen molar-refractivity contribution in [1.29, 1.82) is 0 Å². The molecular formula is C18H20N4O2. The molecule has 0 saturated heterocycles. The second-order valence-electron chi connectivity index (χ2n) is 6.52. The third-order valence-electron chi connectivity index (χ3n) is 5.02. The molecule has 6 heteroatoms. The average molecular weight is 324 g/mol. The van der Waals surface area contributed by atoms with Crippen LogP contribution in [0.3, 0.4) is 0 Å². The van der Waals surface area contributed by atoms with Gasteiger partial charge >= 0.3 is 0 Å². The Morgan fingerprint density at radius 3 is 2.88 bits per heavy atom. The number of aryl methyl sites for hydroxylation is 1. The molecule has 0 saturated carbocycles. The topological polar surface area (TPSA) is 81.9 Å². The van der Waals surface area contributed by atoms with E-state index >= 15 is 0 Å². The molecule has 3 heterocycles. The molecule has 2 aliphatic rings. The van der Waals surface area contributed by atoms with Gasteiger partial charge in [-0.2, -0.15) is 0 Å². The Kier molecular flexibility index (Phi) is 3.40. The maximum atomic E-state index is 13.0. The smallest absolute Gasteiger partial charge is 0.290 e. The number of hydrogen-bond donors (Lipinski definition) is 2. The summed E-state index contributed by atoms with van der Waals surface area (Å²) >= 11 is 0. The van der Waals surface area contributed by atoms with Crippen molar-refractivity contribution in [3.63, 3.8) is 0 Å². The molecule has 6 nitrogen and oxygen atoms in total. The summed E-state index contributed by atoms with van der Waals surface area (Å²) in [5.41, 5.74) is 4.92. The summed E-state index contributed by atoms with van der Waals surface area (Å²) in [4.78, 5) is 36.9. The Morgan fingerprint density at radius 1 is 1.25 bits per heavy atom. The number of aromatic amines is 2. The second kappa shape index (κ2) is 5.47. The molecule has 1 unspecified atom stereocenters. The standard InChI is InChI=1S/C18H20N4O2/c1-10-4-3-5-14-16(10)21-17(20-14)18(24)22-9-8-13-12(11(22)2)6-7-15(23)19-13/h4,6-7,11H,3,5,8-9H2,1-2H3,(H,19,23)(H,20,21). The number of fused-ring (bicyclic) bond motifs is 2. The summed E-state index contributed by atoms with van der Waals surface area (Å²) < 4.78 is 0. The van der Waals surface area contributed by atoms with Crippen LogP contribution < -0.4 is 5.56 Å². The maximum Gasteiger partial charge on any atom is 0.290 e. The molecule has 0 aromatic carbocycles. The largest absolute Gasteiger partial charge is 0.337 e. The van der Waals surface area contributed by atoms with Gasteiger partial charge in [-0.15, -0.1) is 0 Å². The van der Waals surface area contributed by atoms with Crippen LogP contribution in [0.25, 0.3) is 5.57 Å². The molecule has 4 rings (SSSR count). The minimum atomic E-state index is -0.0956. The number of imidazole rings is 1. The second-order valence-corrected chi connectivity index (χ2v) is 6.52. The Balaban J connectivity index is 1.65. The number of hydrogen-bond acceptors (Lipinski definition) is 3. The number of allylic oxidation sites excluding steroid dienone is 2. The van der Waals surface area contributed by atoms with Crippen LogP contribution in [0.4, 0.5) is 0 Å². The number of H-pyrrole nitrogens is 2. The predicted molar refractivity (Wildman–Crippen MR) is 90.8 cm³/mol. The molecule has 0 bridgehead atoms. The van der Waals surface area contributed by atoms with E-state index in [1.807, 2.05) is 24.8 Å². The van der Waals surface area contributed by atoms with Crippen molar-refractivity contribution in [3.05, 3.63) is 57.0 Å². The molecule has 0 spiro atoms. The molecule has 2 aromatic heterocycles. The Hall–Kier alpha value is -2.63. The van der Waals surface area contributed by atoms with Crippen molar-refractivity contribution in [2.45, 2.75) is 39.2 Å². The van der Waals surface area contributed by atoms with Crippen LogP contribution in [-0.2, 0) is 12.8 Å². The number of amides is 1. The van der Waals surface area contributed by atoms with Gasteiger partial charge in [0, 0.05) is 30.4 Å². The fourth-order valence-corrected chi connectivity index (χ4v) is 3.68. The monoisotopic (exact) mass is 324 g/mol. The Bertz CT molecular complexity index is 906. The van der Waals surface area contributed by atoms with Gasteiger partial charge in [0.2, 0.25) is 5.56 Å². The zero-order chi connectivity index (χ0) is 16.8. The molecule has 0 fully saturated rings. The summed E-state index contributed by atoms with van der Waals surface area (Å²) in [6, 6.07) is 3.25. The van der Waals surface area contributed by atoms with Gasteiger partial charge in [0.05, 0.1) is 11.7 Å². The molecule has 1 atom stereocenters.